The number of pyridine rings is 1. The highest BCUT2D eigenvalue weighted by Crippen LogP contribution is 2.03. The van der Waals surface area contributed by atoms with Crippen molar-refractivity contribution in [3.8, 4) is 0 Å². The van der Waals surface area contributed by atoms with Gasteiger partial charge in [0, 0.05) is 13.7 Å². The minimum Gasteiger partial charge on any atom is -0.383 e. The molecule has 5 nitrogen and oxygen atoms in total. The van der Waals surface area contributed by atoms with Crippen LogP contribution in [0.5, 0.6) is 0 Å². The second-order valence-corrected chi connectivity index (χ2v) is 2.69. The maximum atomic E-state index is 10.8. The fourth-order valence-corrected chi connectivity index (χ4v) is 0.952. The van der Waals surface area contributed by atoms with E-state index in [0.717, 1.165) is 0 Å². The molecule has 0 aromatic carbocycles. The van der Waals surface area contributed by atoms with Crippen LogP contribution in [0.1, 0.15) is 10.5 Å². The van der Waals surface area contributed by atoms with Crippen LogP contribution in [0, 0.1) is 0 Å². The Morgan fingerprint density at radius 1 is 1.64 bits per heavy atom. The molecular formula is C9H13N3O2. The molecule has 0 atom stereocenters. The van der Waals surface area contributed by atoms with E-state index in [-0.39, 0.29) is 5.69 Å². The minimum absolute atomic E-state index is 0.257. The number of carbonyl (C=O) groups is 1. The molecule has 0 bridgehead atoms. The van der Waals surface area contributed by atoms with Crippen LogP contribution in [0.4, 0.5) is 5.82 Å². The molecule has 5 heteroatoms. The van der Waals surface area contributed by atoms with Crippen molar-refractivity contribution in [1.29, 1.82) is 0 Å². The molecule has 1 amide bonds. The molecule has 0 spiro atoms. The van der Waals surface area contributed by atoms with E-state index in [1.807, 2.05) is 0 Å². The molecule has 1 rings (SSSR count). The van der Waals surface area contributed by atoms with Gasteiger partial charge in [-0.25, -0.2) is 4.98 Å². The summed E-state index contributed by atoms with van der Waals surface area (Å²) in [5, 5.41) is 3.00. The van der Waals surface area contributed by atoms with Gasteiger partial charge in [0.1, 0.15) is 11.5 Å². The van der Waals surface area contributed by atoms with Gasteiger partial charge in [-0.15, -0.1) is 0 Å². The van der Waals surface area contributed by atoms with Crippen LogP contribution in [0.25, 0.3) is 0 Å². The van der Waals surface area contributed by atoms with E-state index in [1.54, 1.807) is 25.3 Å². The second-order valence-electron chi connectivity index (χ2n) is 2.69. The lowest BCUT2D eigenvalue weighted by Crippen LogP contribution is -2.15. The third-order valence-corrected chi connectivity index (χ3v) is 1.61. The molecule has 0 aliphatic heterocycles. The summed E-state index contributed by atoms with van der Waals surface area (Å²) < 4.78 is 4.86. The predicted molar refractivity (Wildman–Crippen MR) is 53.1 cm³/mol. The van der Waals surface area contributed by atoms with Crippen LogP contribution in [-0.2, 0) is 4.74 Å². The van der Waals surface area contributed by atoms with Gasteiger partial charge in [-0.2, -0.15) is 0 Å². The van der Waals surface area contributed by atoms with E-state index in [9.17, 15) is 4.79 Å². The first-order valence-corrected chi connectivity index (χ1v) is 4.23. The van der Waals surface area contributed by atoms with Crippen molar-refractivity contribution in [2.24, 2.45) is 5.73 Å². The molecule has 1 heterocycles. The zero-order valence-corrected chi connectivity index (χ0v) is 7.99. The van der Waals surface area contributed by atoms with Gasteiger partial charge in [-0.3, -0.25) is 4.79 Å². The van der Waals surface area contributed by atoms with E-state index in [4.69, 9.17) is 10.5 Å². The normalized spacial score (nSPS) is 9.79. The van der Waals surface area contributed by atoms with Crippen LogP contribution < -0.4 is 11.1 Å². The van der Waals surface area contributed by atoms with Crippen molar-refractivity contribution in [3.63, 3.8) is 0 Å². The molecule has 0 radical (unpaired) electrons. The molecule has 0 fully saturated rings. The average Bonchev–Trinajstić information content (AvgIpc) is 2.19. The van der Waals surface area contributed by atoms with E-state index >= 15 is 0 Å². The Bertz CT molecular complexity index is 315. The Hall–Kier alpha value is -1.62. The monoisotopic (exact) mass is 195 g/mol. The number of nitrogens with two attached hydrogens (primary N) is 1. The molecule has 0 saturated carbocycles. The van der Waals surface area contributed by atoms with Gasteiger partial charge in [-0.05, 0) is 12.1 Å². The fraction of sp³-hybridized carbons (Fsp3) is 0.333. The lowest BCUT2D eigenvalue weighted by atomic mass is 10.3. The third kappa shape index (κ3) is 3.02. The first kappa shape index (κ1) is 10.5. The lowest BCUT2D eigenvalue weighted by molar-refractivity contribution is 0.0995. The van der Waals surface area contributed by atoms with Crippen molar-refractivity contribution in [2.45, 2.75) is 0 Å². The van der Waals surface area contributed by atoms with E-state index in [1.165, 1.54) is 0 Å². The number of nitrogens with zero attached hydrogens (tertiary/aromatic N) is 1. The number of methoxy groups -OCH3 is 1. The largest absolute Gasteiger partial charge is 0.383 e. The molecule has 0 unspecified atom stereocenters. The summed E-state index contributed by atoms with van der Waals surface area (Å²) in [6.07, 6.45) is 0. The molecule has 76 valence electrons. The highest BCUT2D eigenvalue weighted by Gasteiger charge is 2.01. The fourth-order valence-electron chi connectivity index (χ4n) is 0.952. The SMILES string of the molecule is COCCNc1cccc(C(N)=O)n1. The maximum Gasteiger partial charge on any atom is 0.267 e. The molecule has 0 aliphatic rings. The molecule has 14 heavy (non-hydrogen) atoms. The summed E-state index contributed by atoms with van der Waals surface area (Å²) in [6, 6.07) is 5.06. The van der Waals surface area contributed by atoms with Crippen LogP contribution in [0.2, 0.25) is 0 Å². The summed E-state index contributed by atoms with van der Waals surface area (Å²) in [4.78, 5) is 14.8. The molecular weight excluding hydrogens is 182 g/mol. The first-order chi connectivity index (χ1) is 6.74. The standard InChI is InChI=1S/C9H13N3O2/c1-14-6-5-11-8-4-2-3-7(12-8)9(10)13/h2-4H,5-6H2,1H3,(H2,10,13)(H,11,12). The van der Waals surface area contributed by atoms with E-state index in [2.05, 4.69) is 10.3 Å². The Labute approximate surface area is 82.3 Å². The number of ether oxygens (including phenoxy) is 1. The van der Waals surface area contributed by atoms with Gasteiger partial charge in [0.2, 0.25) is 0 Å². The highest BCUT2D eigenvalue weighted by molar-refractivity contribution is 5.91. The third-order valence-electron chi connectivity index (χ3n) is 1.61. The molecule has 0 aliphatic carbocycles. The predicted octanol–water partition coefficient (Wildman–Crippen LogP) is 0.239. The maximum absolute atomic E-state index is 10.8. The van der Waals surface area contributed by atoms with Crippen molar-refractivity contribution in [2.75, 3.05) is 25.6 Å². The van der Waals surface area contributed by atoms with Gasteiger partial charge < -0.3 is 15.8 Å². The summed E-state index contributed by atoms with van der Waals surface area (Å²) in [7, 11) is 1.62. The zero-order chi connectivity index (χ0) is 10.4. The Balaban J connectivity index is 2.59. The number of amides is 1. The van der Waals surface area contributed by atoms with E-state index < -0.39 is 5.91 Å². The second kappa shape index (κ2) is 5.18. The summed E-state index contributed by atoms with van der Waals surface area (Å²) in [5.41, 5.74) is 5.34. The van der Waals surface area contributed by atoms with Crippen molar-refractivity contribution in [1.82, 2.24) is 4.98 Å². The minimum atomic E-state index is -0.527. The highest BCUT2D eigenvalue weighted by atomic mass is 16.5. The Morgan fingerprint density at radius 3 is 3.07 bits per heavy atom. The first-order valence-electron chi connectivity index (χ1n) is 4.23. The number of nitrogens with one attached hydrogen (secondary N) is 1. The average molecular weight is 195 g/mol. The topological polar surface area (TPSA) is 77.2 Å². The van der Waals surface area contributed by atoms with Crippen molar-refractivity contribution >= 4 is 11.7 Å². The summed E-state index contributed by atoms with van der Waals surface area (Å²) in [5.74, 6) is 0.0961. The number of hydrogen-bond acceptors (Lipinski definition) is 4. The van der Waals surface area contributed by atoms with Gasteiger partial charge in [0.25, 0.3) is 5.91 Å². The van der Waals surface area contributed by atoms with Crippen molar-refractivity contribution in [3.05, 3.63) is 23.9 Å². The Morgan fingerprint density at radius 2 is 2.43 bits per heavy atom. The van der Waals surface area contributed by atoms with Crippen LogP contribution in [0.3, 0.4) is 0 Å². The zero-order valence-electron chi connectivity index (χ0n) is 7.99. The van der Waals surface area contributed by atoms with Crippen molar-refractivity contribution < 1.29 is 9.53 Å². The molecule has 1 aromatic heterocycles. The molecule has 1 aromatic rings. The van der Waals surface area contributed by atoms with Gasteiger partial charge in [0.15, 0.2) is 0 Å². The lowest BCUT2D eigenvalue weighted by Gasteiger charge is -2.04. The van der Waals surface area contributed by atoms with Crippen LogP contribution >= 0.6 is 0 Å². The number of hydrogen-bond donors (Lipinski definition) is 2. The van der Waals surface area contributed by atoms with E-state index in [0.29, 0.717) is 19.0 Å². The number of rotatable bonds is 5. The van der Waals surface area contributed by atoms with Gasteiger partial charge >= 0.3 is 0 Å². The number of aromatic nitrogens is 1. The van der Waals surface area contributed by atoms with Crippen LogP contribution in [-0.4, -0.2) is 31.2 Å². The molecule has 3 N–H and O–H groups in total. The van der Waals surface area contributed by atoms with Crippen LogP contribution in [0.15, 0.2) is 18.2 Å². The van der Waals surface area contributed by atoms with Gasteiger partial charge in [0.05, 0.1) is 6.61 Å². The Kier molecular flexibility index (Phi) is 3.87. The quantitative estimate of drug-likeness (QED) is 0.660. The summed E-state index contributed by atoms with van der Waals surface area (Å²) >= 11 is 0. The smallest absolute Gasteiger partial charge is 0.267 e. The van der Waals surface area contributed by atoms with Gasteiger partial charge in [-0.1, -0.05) is 6.07 Å². The number of anilines is 1. The molecule has 0 saturated heterocycles. The number of carbonyl (C=O) groups excluding carboxylic acids is 1. The number of primary amides is 1. The summed E-state index contributed by atoms with van der Waals surface area (Å²) in [6.45, 7) is 1.23.